The van der Waals surface area contributed by atoms with Gasteiger partial charge in [0.15, 0.2) is 0 Å². The standard InChI is InChI=1S/C12H14FN3/c1-16-11-7-8(13)4-5-9(11)15-12(16)10-3-2-6-14-10/h4-5,7,10,14H,2-3,6H2,1H3/t10-/m0/s1. The van der Waals surface area contributed by atoms with E-state index in [9.17, 15) is 4.39 Å². The number of hydrogen-bond donors (Lipinski definition) is 1. The zero-order valence-corrected chi connectivity index (χ0v) is 9.20. The van der Waals surface area contributed by atoms with Crippen LogP contribution >= 0.6 is 0 Å². The highest BCUT2D eigenvalue weighted by Gasteiger charge is 2.21. The van der Waals surface area contributed by atoms with E-state index in [0.29, 0.717) is 6.04 Å². The lowest BCUT2D eigenvalue weighted by Gasteiger charge is -2.09. The average Bonchev–Trinajstić information content (AvgIpc) is 2.87. The van der Waals surface area contributed by atoms with Gasteiger partial charge in [0.2, 0.25) is 0 Å². The number of nitrogens with one attached hydrogen (secondary N) is 1. The van der Waals surface area contributed by atoms with E-state index in [2.05, 4.69) is 10.3 Å². The molecule has 0 amide bonds. The Kier molecular flexibility index (Phi) is 2.17. The van der Waals surface area contributed by atoms with Gasteiger partial charge in [0.25, 0.3) is 0 Å². The molecule has 0 aliphatic carbocycles. The van der Waals surface area contributed by atoms with Gasteiger partial charge in [-0.05, 0) is 37.6 Å². The lowest BCUT2D eigenvalue weighted by molar-refractivity contribution is 0.584. The summed E-state index contributed by atoms with van der Waals surface area (Å²) >= 11 is 0. The summed E-state index contributed by atoms with van der Waals surface area (Å²) in [5.41, 5.74) is 1.73. The van der Waals surface area contributed by atoms with E-state index in [-0.39, 0.29) is 5.82 Å². The number of imidazole rings is 1. The number of rotatable bonds is 1. The molecular formula is C12H14FN3. The minimum Gasteiger partial charge on any atom is -0.330 e. The summed E-state index contributed by atoms with van der Waals surface area (Å²) in [7, 11) is 1.95. The van der Waals surface area contributed by atoms with Gasteiger partial charge in [-0.3, -0.25) is 0 Å². The van der Waals surface area contributed by atoms with Crippen LogP contribution in [0.4, 0.5) is 4.39 Å². The molecule has 3 rings (SSSR count). The normalized spacial score (nSPS) is 20.8. The van der Waals surface area contributed by atoms with Crippen molar-refractivity contribution in [2.24, 2.45) is 7.05 Å². The summed E-state index contributed by atoms with van der Waals surface area (Å²) < 4.78 is 15.1. The Hall–Kier alpha value is -1.42. The second-order valence-corrected chi connectivity index (χ2v) is 4.31. The fraction of sp³-hybridized carbons (Fsp3) is 0.417. The molecule has 1 aromatic heterocycles. The Morgan fingerprint density at radius 3 is 3.12 bits per heavy atom. The maximum absolute atomic E-state index is 13.1. The molecule has 1 aliphatic heterocycles. The van der Waals surface area contributed by atoms with Crippen molar-refractivity contribution in [1.82, 2.24) is 14.9 Å². The molecule has 0 unspecified atom stereocenters. The molecule has 2 heterocycles. The summed E-state index contributed by atoms with van der Waals surface area (Å²) in [6, 6.07) is 5.06. The molecule has 0 spiro atoms. The minimum absolute atomic E-state index is 0.207. The van der Waals surface area contributed by atoms with Crippen molar-refractivity contribution in [3.8, 4) is 0 Å². The molecule has 1 N–H and O–H groups in total. The first-order chi connectivity index (χ1) is 7.75. The lowest BCUT2D eigenvalue weighted by atomic mass is 10.2. The van der Waals surface area contributed by atoms with E-state index in [0.717, 1.165) is 29.8 Å². The number of aryl methyl sites for hydroxylation is 1. The number of nitrogens with zero attached hydrogens (tertiary/aromatic N) is 2. The molecule has 0 saturated carbocycles. The highest BCUT2D eigenvalue weighted by atomic mass is 19.1. The van der Waals surface area contributed by atoms with Crippen molar-refractivity contribution in [2.45, 2.75) is 18.9 Å². The summed E-state index contributed by atoms with van der Waals surface area (Å²) in [6.45, 7) is 1.04. The van der Waals surface area contributed by atoms with Crippen LogP contribution in [0.2, 0.25) is 0 Å². The summed E-state index contributed by atoms with van der Waals surface area (Å²) in [5.74, 6) is 0.805. The summed E-state index contributed by atoms with van der Waals surface area (Å²) in [4.78, 5) is 4.57. The Morgan fingerprint density at radius 1 is 1.50 bits per heavy atom. The van der Waals surface area contributed by atoms with Crippen molar-refractivity contribution in [2.75, 3.05) is 6.54 Å². The highest BCUT2D eigenvalue weighted by molar-refractivity contribution is 5.76. The monoisotopic (exact) mass is 219 g/mol. The molecular weight excluding hydrogens is 205 g/mol. The zero-order valence-electron chi connectivity index (χ0n) is 9.20. The number of halogens is 1. The summed E-state index contributed by atoms with van der Waals surface area (Å²) in [6.07, 6.45) is 2.29. The van der Waals surface area contributed by atoms with Gasteiger partial charge in [-0.1, -0.05) is 0 Å². The van der Waals surface area contributed by atoms with E-state index in [1.54, 1.807) is 12.1 Å². The third-order valence-corrected chi connectivity index (χ3v) is 3.25. The van der Waals surface area contributed by atoms with Crippen molar-refractivity contribution in [3.63, 3.8) is 0 Å². The van der Waals surface area contributed by atoms with Crippen LogP contribution in [0.25, 0.3) is 11.0 Å². The molecule has 2 aromatic rings. The number of aromatic nitrogens is 2. The van der Waals surface area contributed by atoms with Gasteiger partial charge in [0.1, 0.15) is 11.6 Å². The van der Waals surface area contributed by atoms with Gasteiger partial charge in [0.05, 0.1) is 17.1 Å². The Morgan fingerprint density at radius 2 is 2.38 bits per heavy atom. The molecule has 84 valence electrons. The lowest BCUT2D eigenvalue weighted by Crippen LogP contribution is -2.16. The second kappa shape index (κ2) is 3.56. The number of fused-ring (bicyclic) bond motifs is 1. The van der Waals surface area contributed by atoms with Crippen molar-refractivity contribution < 1.29 is 4.39 Å². The van der Waals surface area contributed by atoms with E-state index < -0.39 is 0 Å². The quantitative estimate of drug-likeness (QED) is 0.796. The molecule has 3 nitrogen and oxygen atoms in total. The molecule has 1 aromatic carbocycles. The molecule has 0 radical (unpaired) electrons. The van der Waals surface area contributed by atoms with Crippen molar-refractivity contribution in [1.29, 1.82) is 0 Å². The fourth-order valence-electron chi connectivity index (χ4n) is 2.40. The maximum Gasteiger partial charge on any atom is 0.126 e. The first kappa shape index (κ1) is 9.78. The van der Waals surface area contributed by atoms with Crippen LogP contribution in [-0.2, 0) is 7.05 Å². The molecule has 1 atom stereocenters. The van der Waals surface area contributed by atoms with Crippen LogP contribution < -0.4 is 5.32 Å². The minimum atomic E-state index is -0.207. The maximum atomic E-state index is 13.1. The van der Waals surface area contributed by atoms with Crippen LogP contribution in [0.15, 0.2) is 18.2 Å². The van der Waals surface area contributed by atoms with Crippen molar-refractivity contribution in [3.05, 3.63) is 29.8 Å². The van der Waals surface area contributed by atoms with Gasteiger partial charge in [-0.15, -0.1) is 0 Å². The van der Waals surface area contributed by atoms with Gasteiger partial charge in [0, 0.05) is 7.05 Å². The smallest absolute Gasteiger partial charge is 0.126 e. The first-order valence-corrected chi connectivity index (χ1v) is 5.61. The van der Waals surface area contributed by atoms with Crippen LogP contribution in [0.5, 0.6) is 0 Å². The molecule has 16 heavy (non-hydrogen) atoms. The average molecular weight is 219 g/mol. The van der Waals surface area contributed by atoms with E-state index in [1.807, 2.05) is 11.6 Å². The first-order valence-electron chi connectivity index (χ1n) is 5.61. The Bertz CT molecular complexity index is 526. The van der Waals surface area contributed by atoms with E-state index in [4.69, 9.17) is 0 Å². The van der Waals surface area contributed by atoms with E-state index in [1.165, 1.54) is 12.5 Å². The molecule has 1 fully saturated rings. The number of hydrogen-bond acceptors (Lipinski definition) is 2. The Balaban J connectivity index is 2.15. The zero-order chi connectivity index (χ0) is 11.1. The second-order valence-electron chi connectivity index (χ2n) is 4.31. The van der Waals surface area contributed by atoms with E-state index >= 15 is 0 Å². The topological polar surface area (TPSA) is 29.9 Å². The van der Waals surface area contributed by atoms with Crippen molar-refractivity contribution >= 4 is 11.0 Å². The predicted octanol–water partition coefficient (Wildman–Crippen LogP) is 2.14. The predicted molar refractivity (Wildman–Crippen MR) is 60.6 cm³/mol. The van der Waals surface area contributed by atoms with Crippen LogP contribution in [0.3, 0.4) is 0 Å². The SMILES string of the molecule is Cn1c([C@@H]2CCCN2)nc2ccc(F)cc21. The van der Waals surface area contributed by atoms with Gasteiger partial charge in [-0.25, -0.2) is 9.37 Å². The van der Waals surface area contributed by atoms with Crippen LogP contribution in [-0.4, -0.2) is 16.1 Å². The van der Waals surface area contributed by atoms with Crippen LogP contribution in [0.1, 0.15) is 24.7 Å². The number of benzene rings is 1. The van der Waals surface area contributed by atoms with Gasteiger partial charge < -0.3 is 9.88 Å². The third kappa shape index (κ3) is 1.41. The molecule has 4 heteroatoms. The Labute approximate surface area is 93.3 Å². The van der Waals surface area contributed by atoms with Crippen LogP contribution in [0, 0.1) is 5.82 Å². The molecule has 0 bridgehead atoms. The summed E-state index contributed by atoms with van der Waals surface area (Å²) in [5, 5.41) is 3.41. The molecule has 1 aliphatic rings. The largest absolute Gasteiger partial charge is 0.330 e. The third-order valence-electron chi connectivity index (χ3n) is 3.25. The highest BCUT2D eigenvalue weighted by Crippen LogP contribution is 2.25. The molecule has 1 saturated heterocycles. The van der Waals surface area contributed by atoms with Gasteiger partial charge >= 0.3 is 0 Å². The fourth-order valence-corrected chi connectivity index (χ4v) is 2.40. The van der Waals surface area contributed by atoms with Gasteiger partial charge in [-0.2, -0.15) is 0 Å².